The van der Waals surface area contributed by atoms with Crippen LogP contribution in [0.3, 0.4) is 0 Å². The van der Waals surface area contributed by atoms with Gasteiger partial charge in [-0.1, -0.05) is 208 Å². The molecule has 9 aromatic carbocycles. The van der Waals surface area contributed by atoms with Gasteiger partial charge in [-0.15, -0.1) is 0 Å². The minimum absolute atomic E-state index is 0.0285. The van der Waals surface area contributed by atoms with Gasteiger partial charge in [-0.2, -0.15) is 0 Å². The number of Topliss-reactive ketones (excluding diaryl/α,β-unsaturated/α-hetero) is 1. The van der Waals surface area contributed by atoms with Crippen molar-refractivity contribution < 1.29 is 98.6 Å². The Labute approximate surface area is 780 Å². The van der Waals surface area contributed by atoms with Gasteiger partial charge in [0, 0.05) is 134 Å². The van der Waals surface area contributed by atoms with E-state index in [1.807, 2.05) is 91.9 Å². The Morgan fingerprint density at radius 1 is 0.395 bits per heavy atom. The van der Waals surface area contributed by atoms with E-state index in [1.165, 1.54) is 101 Å². The molecule has 19 nitrogen and oxygen atoms in total. The van der Waals surface area contributed by atoms with E-state index in [-0.39, 0.29) is 139 Å². The fraction of sp³-hybridized carbons (Fsp3) is 0.436. The first kappa shape index (κ1) is 113. The third kappa shape index (κ3) is 48.4. The molecule has 0 amide bonds. The van der Waals surface area contributed by atoms with Crippen molar-refractivity contribution in [2.75, 3.05) is 96.4 Å². The van der Waals surface area contributed by atoms with Crippen LogP contribution in [0.2, 0.25) is 0 Å². The lowest BCUT2D eigenvalue weighted by Gasteiger charge is -2.13. The minimum atomic E-state index is -0.396. The van der Waals surface area contributed by atoms with E-state index >= 15 is 0 Å². The normalized spacial score (nSPS) is 14.0. The lowest BCUT2D eigenvalue weighted by Crippen LogP contribution is -2.11. The number of aliphatic hydroxyl groups is 3. The maximum atomic E-state index is 14.5. The summed E-state index contributed by atoms with van der Waals surface area (Å²) in [6, 6.07) is 60.8. The van der Waals surface area contributed by atoms with Crippen LogP contribution in [0.5, 0.6) is 0 Å². The molecule has 4 aliphatic rings. The number of carbonyl (C=O) groups excluding carboxylic acids is 1. The number of hydrogen-bond acceptors (Lipinski definition) is 19. The molecule has 0 saturated heterocycles. The fourth-order valence-electron chi connectivity index (χ4n) is 12.0. The molecular formula is C101H131Br2ClF6N4O15. The van der Waals surface area contributed by atoms with E-state index in [0.29, 0.717) is 73.7 Å². The molecule has 13 rings (SSSR count). The molecule has 7 N–H and O–H groups in total. The number of nitrogens with zero attached hydrogens (tertiary/aromatic N) is 2. The van der Waals surface area contributed by atoms with E-state index in [1.54, 1.807) is 95.0 Å². The van der Waals surface area contributed by atoms with Crippen molar-refractivity contribution in [2.45, 2.75) is 169 Å². The van der Waals surface area contributed by atoms with Crippen molar-refractivity contribution in [3.63, 3.8) is 0 Å². The highest BCUT2D eigenvalue weighted by Gasteiger charge is 2.29. The molecule has 9 aromatic rings. The first-order chi connectivity index (χ1) is 62.3. The van der Waals surface area contributed by atoms with Crippen LogP contribution in [0.4, 0.5) is 26.3 Å². The van der Waals surface area contributed by atoms with Gasteiger partial charge >= 0.3 is 0 Å². The lowest BCUT2D eigenvalue weighted by atomic mass is 10.0. The molecule has 4 atom stereocenters. The van der Waals surface area contributed by atoms with Gasteiger partial charge in [-0.25, -0.2) is 26.3 Å². The van der Waals surface area contributed by atoms with Gasteiger partial charge in [0.15, 0.2) is 5.78 Å². The lowest BCUT2D eigenvalue weighted by molar-refractivity contribution is -0.0399. The van der Waals surface area contributed by atoms with Crippen molar-refractivity contribution in [1.29, 1.82) is 0 Å². The number of nitrogens with two attached hydrogens (primary N) is 2. The number of aliphatic hydroxyl groups excluding tert-OH is 3. The predicted molar refractivity (Wildman–Crippen MR) is 504 cm³/mol. The summed E-state index contributed by atoms with van der Waals surface area (Å²) in [5, 5.41) is 23.1. The summed E-state index contributed by atoms with van der Waals surface area (Å²) in [5.74, 6) is 0.849. The average molecular weight is 1950 g/mol. The van der Waals surface area contributed by atoms with Gasteiger partial charge in [-0.3, -0.25) is 14.8 Å². The minimum Gasteiger partial charge on any atom is -0.400 e. The van der Waals surface area contributed by atoms with Crippen molar-refractivity contribution in [1.82, 2.24) is 0 Å². The Morgan fingerprint density at radius 3 is 0.969 bits per heavy atom. The highest BCUT2D eigenvalue weighted by Crippen LogP contribution is 2.39. The van der Waals surface area contributed by atoms with Crippen LogP contribution in [0.15, 0.2) is 219 Å². The maximum Gasteiger partial charge on any atom is 0.163 e. The zero-order valence-electron chi connectivity index (χ0n) is 76.0. The first-order valence-corrected chi connectivity index (χ1v) is 44.9. The summed E-state index contributed by atoms with van der Waals surface area (Å²) in [4.78, 5) is 21.7. The molecule has 28 heteroatoms. The largest absolute Gasteiger partial charge is 0.400 e. The second kappa shape index (κ2) is 67.4. The smallest absolute Gasteiger partial charge is 0.163 e. The number of aliphatic imine (C=N–C) groups is 2. The van der Waals surface area contributed by atoms with Crippen LogP contribution in [0.25, 0.3) is 0 Å². The quantitative estimate of drug-likeness (QED) is 0.00599. The number of halogens is 9. The van der Waals surface area contributed by atoms with Crippen molar-refractivity contribution in [2.24, 2.45) is 45.1 Å². The Balaban J connectivity index is 0.000000318. The molecule has 0 aliphatic heterocycles. The average Bonchev–Trinajstić information content (AvgIpc) is 1.75. The third-order valence-corrected chi connectivity index (χ3v) is 20.9. The van der Waals surface area contributed by atoms with Crippen LogP contribution in [0.1, 0.15) is 206 Å². The third-order valence-electron chi connectivity index (χ3n) is 19.7. The maximum absolute atomic E-state index is 14.5. The monoisotopic (exact) mass is 1950 g/mol. The summed E-state index contributed by atoms with van der Waals surface area (Å²) >= 11 is 11.2. The molecule has 0 unspecified atom stereocenters. The molecule has 0 radical (unpaired) electrons. The van der Waals surface area contributed by atoms with Gasteiger partial charge in [0.2, 0.25) is 0 Å². The van der Waals surface area contributed by atoms with E-state index in [4.69, 9.17) is 91.0 Å². The topological polar surface area (TPSA) is 256 Å². The van der Waals surface area contributed by atoms with Crippen LogP contribution >= 0.6 is 43.5 Å². The zero-order chi connectivity index (χ0) is 94.7. The van der Waals surface area contributed by atoms with E-state index in [0.717, 1.165) is 77.7 Å². The summed E-state index contributed by atoms with van der Waals surface area (Å²) in [6.07, 6.45) is 13.1. The molecule has 0 spiro atoms. The highest BCUT2D eigenvalue weighted by atomic mass is 79.9. The summed E-state index contributed by atoms with van der Waals surface area (Å²) in [5.41, 5.74) is 23.2. The summed E-state index contributed by atoms with van der Waals surface area (Å²) in [6.45, 7) is 9.63. The SMILES string of the molecule is CCO.CO.COCCl.COCOCc1ccc(Br)cc1F.COCOCc1ccc(C(=O)CC2CC2)cc1F.COCOCc1ccc(C(CC2CC2)=N[C@@H](C)c2ccccc2)cc1F.COCOCc1ccc(C(CC2CC2)=N[C@@H](C)c2ccccc2)cc1F.COCOCc1ccc([C@@H](N)CC2CC2)cc1F.C[C@H](N)c1ccccc1.OCc1ccc(Br)cc1F. The molecule has 708 valence electrons. The Kier molecular flexibility index (Phi) is 59.3. The van der Waals surface area contributed by atoms with E-state index in [9.17, 15) is 31.1 Å². The van der Waals surface area contributed by atoms with E-state index in [2.05, 4.69) is 79.4 Å². The first-order valence-electron chi connectivity index (χ1n) is 42.8. The van der Waals surface area contributed by atoms with Gasteiger partial charge < -0.3 is 78.9 Å². The van der Waals surface area contributed by atoms with Crippen LogP contribution in [-0.4, -0.2) is 129 Å². The summed E-state index contributed by atoms with van der Waals surface area (Å²) in [7, 11) is 10.2. The molecule has 4 fully saturated rings. The van der Waals surface area contributed by atoms with Gasteiger partial charge in [0.25, 0.3) is 0 Å². The summed E-state index contributed by atoms with van der Waals surface area (Å²) < 4.78 is 138. The Bertz CT molecular complexity index is 4470. The number of carbonyl (C=O) groups is 1. The second-order valence-electron chi connectivity index (χ2n) is 30.6. The van der Waals surface area contributed by atoms with E-state index < -0.39 is 5.82 Å². The van der Waals surface area contributed by atoms with Gasteiger partial charge in [0.05, 0.1) is 51.7 Å². The van der Waals surface area contributed by atoms with Crippen molar-refractivity contribution >= 4 is 60.7 Å². The van der Waals surface area contributed by atoms with Gasteiger partial charge in [0.1, 0.15) is 74.9 Å². The number of methoxy groups -OCH3 is 6. The number of alkyl halides is 1. The number of benzene rings is 9. The molecule has 4 saturated carbocycles. The Morgan fingerprint density at radius 2 is 0.682 bits per heavy atom. The molecule has 4 aliphatic carbocycles. The second-order valence-corrected chi connectivity index (χ2v) is 32.6. The number of hydrogen-bond donors (Lipinski definition) is 5. The highest BCUT2D eigenvalue weighted by molar-refractivity contribution is 9.10. The molecular weight excluding hydrogens is 1820 g/mol. The van der Waals surface area contributed by atoms with Crippen LogP contribution in [-0.2, 0) is 91.7 Å². The fourth-order valence-corrected chi connectivity index (χ4v) is 12.6. The van der Waals surface area contributed by atoms with Crippen molar-refractivity contribution in [3.8, 4) is 0 Å². The predicted octanol–water partition coefficient (Wildman–Crippen LogP) is 23.2. The van der Waals surface area contributed by atoms with Crippen LogP contribution < -0.4 is 11.5 Å². The zero-order valence-corrected chi connectivity index (χ0v) is 80.0. The van der Waals surface area contributed by atoms with Gasteiger partial charge in [-0.05, 0) is 191 Å². The number of ketones is 1. The van der Waals surface area contributed by atoms with Crippen molar-refractivity contribution in [3.05, 3.63) is 316 Å². The number of ether oxygens (including phenoxy) is 11. The van der Waals surface area contributed by atoms with Crippen LogP contribution in [0, 0.1) is 58.6 Å². The molecule has 0 bridgehead atoms. The molecule has 129 heavy (non-hydrogen) atoms. The Hall–Kier alpha value is -7.82. The molecule has 0 heterocycles. The standard InChI is InChI=1S/2C22H26FNO2.C14H20FNO2.C14H17FO3.C9H10BrFO2.C8H11N.C7H6BrFO.C2H5ClO.C2H6O.CH4O/c2*1-16(18-6-4-3-5-7-18)24-22(12-17-8-9-17)19-10-11-20(21(23)13-19)14-26-15-25-2;2*1-17-9-18-8-12-5-4-11(7-13(12)15)14(16)6-10-2-3-10;1-12-6-13-5-7-2-3-8(10)4-9(7)11;1-7(9)8-5-3-2-4-6-8;8-6-2-1-5(4-10)7(9)3-6;1-4-2-3;1-2-3;1-2/h2*3-7,10-11,13,16-17H,8-9,12,14-15H2,1-2H3;4-5,7,10,14H,2-3,6,8-9,16H2,1H3;4-5,7,10H,2-3,6,8-9H2,1H3;2-4H,5-6H2,1H3;2-7H,9H2,1H3;1-3,10H,4H2;2H2,1H3;3H,2H2,1H3;2H,1H3/t2*16-;14-;;;7-;;;;/m000..0..../s1. The molecule has 0 aromatic heterocycles. The number of rotatable bonds is 39.